The van der Waals surface area contributed by atoms with Crippen molar-refractivity contribution in [3.05, 3.63) is 0 Å². The highest BCUT2D eigenvalue weighted by Gasteiger charge is 2.78. The molecule has 1 saturated carbocycles. The third-order valence-corrected chi connectivity index (χ3v) is 5.15. The van der Waals surface area contributed by atoms with Crippen LogP contribution in [0.3, 0.4) is 0 Å². The molecule has 9 heteroatoms. The first kappa shape index (κ1) is 15.8. The van der Waals surface area contributed by atoms with Gasteiger partial charge in [-0.3, -0.25) is 4.90 Å². The number of likely N-dealkylation sites (tertiary alicyclic amines) is 1. The molecule has 3 fully saturated rings. The fraction of sp³-hybridized carbons (Fsp3) is 0.867. The smallest absolute Gasteiger partial charge is 0.411 e. The van der Waals surface area contributed by atoms with E-state index >= 15 is 0 Å². The SMILES string of the molecule is COC(=O)[C@@H]1C[C@@]23N=N[C@@H]([C@H](O)[C@H]2N1C(=O)OC(C)(C)C)[C@@H]1O[C@@H]13. The van der Waals surface area contributed by atoms with Crippen molar-refractivity contribution in [2.24, 2.45) is 10.2 Å². The molecule has 1 amide bonds. The number of epoxide rings is 1. The van der Waals surface area contributed by atoms with E-state index in [1.165, 1.54) is 12.0 Å². The fourth-order valence-corrected chi connectivity index (χ4v) is 4.23. The lowest BCUT2D eigenvalue weighted by Crippen LogP contribution is -2.66. The van der Waals surface area contributed by atoms with E-state index in [0.717, 1.165) is 0 Å². The van der Waals surface area contributed by atoms with Crippen molar-refractivity contribution in [1.29, 1.82) is 0 Å². The van der Waals surface area contributed by atoms with E-state index in [1.807, 2.05) is 0 Å². The van der Waals surface area contributed by atoms with Crippen LogP contribution in [0.1, 0.15) is 27.2 Å². The highest BCUT2D eigenvalue weighted by molar-refractivity contribution is 5.83. The van der Waals surface area contributed by atoms with Crippen LogP contribution in [0.5, 0.6) is 0 Å². The number of aliphatic hydroxyl groups is 1. The Morgan fingerprint density at radius 2 is 2.08 bits per heavy atom. The maximum absolute atomic E-state index is 12.8. The quantitative estimate of drug-likeness (QED) is 0.541. The first-order valence-electron chi connectivity index (χ1n) is 8.04. The van der Waals surface area contributed by atoms with Gasteiger partial charge in [0.15, 0.2) is 0 Å². The molecule has 1 spiro atoms. The standard InChI is InChI=1S/C15H21N3O6/c1-14(2,3)24-13(21)18-6(12(20)22-4)5-15-10(18)8(19)7(16-17-15)9-11(15)23-9/h6-11,19H,5H2,1-4H3/t6-,7-,8-,9-,10+,11-,15+/m0/s1. The van der Waals surface area contributed by atoms with Crippen LogP contribution in [0.15, 0.2) is 10.2 Å². The molecule has 2 bridgehead atoms. The summed E-state index contributed by atoms with van der Waals surface area (Å²) in [7, 11) is 1.26. The van der Waals surface area contributed by atoms with Gasteiger partial charge in [0, 0.05) is 6.42 Å². The molecule has 4 aliphatic heterocycles. The van der Waals surface area contributed by atoms with Crippen molar-refractivity contribution in [1.82, 2.24) is 4.90 Å². The zero-order valence-corrected chi connectivity index (χ0v) is 14.0. The van der Waals surface area contributed by atoms with Crippen LogP contribution in [0, 0.1) is 0 Å². The Labute approximate surface area is 138 Å². The molecule has 24 heavy (non-hydrogen) atoms. The summed E-state index contributed by atoms with van der Waals surface area (Å²) in [5.74, 6) is -0.562. The predicted octanol–water partition coefficient (Wildman–Crippen LogP) is 0.252. The molecule has 0 radical (unpaired) electrons. The molecule has 0 aromatic heterocycles. The van der Waals surface area contributed by atoms with E-state index in [9.17, 15) is 14.7 Å². The number of hydrogen-bond acceptors (Lipinski definition) is 8. The number of nitrogens with zero attached hydrogens (tertiary/aromatic N) is 3. The molecule has 7 atom stereocenters. The number of methoxy groups -OCH3 is 1. The minimum absolute atomic E-state index is 0.189. The lowest BCUT2D eigenvalue weighted by atomic mass is 9.73. The van der Waals surface area contributed by atoms with Crippen molar-refractivity contribution in [2.45, 2.75) is 74.8 Å². The number of rotatable bonds is 1. The number of esters is 1. The highest BCUT2D eigenvalue weighted by Crippen LogP contribution is 2.58. The molecular weight excluding hydrogens is 318 g/mol. The van der Waals surface area contributed by atoms with Crippen molar-refractivity contribution < 1.29 is 28.9 Å². The Morgan fingerprint density at radius 3 is 2.71 bits per heavy atom. The lowest BCUT2D eigenvalue weighted by molar-refractivity contribution is -0.146. The predicted molar refractivity (Wildman–Crippen MR) is 78.3 cm³/mol. The minimum Gasteiger partial charge on any atom is -0.467 e. The summed E-state index contributed by atoms with van der Waals surface area (Å²) >= 11 is 0. The average molecular weight is 339 g/mol. The number of carbonyl (C=O) groups is 2. The maximum Gasteiger partial charge on any atom is 0.411 e. The Morgan fingerprint density at radius 1 is 1.38 bits per heavy atom. The molecule has 132 valence electrons. The summed E-state index contributed by atoms with van der Waals surface area (Å²) in [6.07, 6.45) is -1.83. The van der Waals surface area contributed by atoms with Crippen LogP contribution >= 0.6 is 0 Å². The molecule has 0 aromatic rings. The van der Waals surface area contributed by atoms with E-state index in [4.69, 9.17) is 14.2 Å². The topological polar surface area (TPSA) is 113 Å². The van der Waals surface area contributed by atoms with E-state index < -0.39 is 47.4 Å². The number of aliphatic hydroxyl groups excluding tert-OH is 1. The average Bonchev–Trinajstić information content (AvgIpc) is 3.22. The summed E-state index contributed by atoms with van der Waals surface area (Å²) in [4.78, 5) is 26.3. The third kappa shape index (κ3) is 1.94. The first-order valence-corrected chi connectivity index (χ1v) is 8.04. The van der Waals surface area contributed by atoms with Crippen LogP contribution in [0.4, 0.5) is 4.79 Å². The van der Waals surface area contributed by atoms with Crippen molar-refractivity contribution in [2.75, 3.05) is 7.11 Å². The van der Waals surface area contributed by atoms with Gasteiger partial charge in [-0.15, -0.1) is 0 Å². The second-order valence-electron chi connectivity index (χ2n) is 7.78. The van der Waals surface area contributed by atoms with Gasteiger partial charge in [-0.25, -0.2) is 9.59 Å². The van der Waals surface area contributed by atoms with Crippen LogP contribution in [0.2, 0.25) is 0 Å². The molecule has 5 aliphatic rings. The summed E-state index contributed by atoms with van der Waals surface area (Å²) < 4.78 is 16.0. The van der Waals surface area contributed by atoms with Crippen molar-refractivity contribution in [3.8, 4) is 0 Å². The third-order valence-electron chi connectivity index (χ3n) is 5.15. The van der Waals surface area contributed by atoms with Gasteiger partial charge < -0.3 is 19.3 Å². The molecule has 0 unspecified atom stereocenters. The van der Waals surface area contributed by atoms with Crippen LogP contribution in [-0.2, 0) is 19.0 Å². The Bertz CT molecular complexity index is 631. The lowest BCUT2D eigenvalue weighted by Gasteiger charge is -2.44. The fourth-order valence-electron chi connectivity index (χ4n) is 4.23. The largest absolute Gasteiger partial charge is 0.467 e. The second kappa shape index (κ2) is 4.66. The molecule has 9 nitrogen and oxygen atoms in total. The van der Waals surface area contributed by atoms with E-state index in [2.05, 4.69) is 10.2 Å². The zero-order chi connectivity index (χ0) is 17.4. The van der Waals surface area contributed by atoms with Gasteiger partial charge >= 0.3 is 12.1 Å². The van der Waals surface area contributed by atoms with Crippen LogP contribution in [-0.4, -0.2) is 76.8 Å². The monoisotopic (exact) mass is 339 g/mol. The van der Waals surface area contributed by atoms with Crippen LogP contribution < -0.4 is 0 Å². The number of amides is 1. The van der Waals surface area contributed by atoms with Gasteiger partial charge in [-0.05, 0) is 20.8 Å². The van der Waals surface area contributed by atoms with Gasteiger partial charge in [0.05, 0.1) is 13.2 Å². The normalized spacial score (nSPS) is 44.8. The number of azo groups is 1. The van der Waals surface area contributed by atoms with Gasteiger partial charge in [-0.1, -0.05) is 0 Å². The highest BCUT2D eigenvalue weighted by atomic mass is 16.6. The first-order chi connectivity index (χ1) is 11.2. The molecule has 0 aromatic carbocycles. The summed E-state index contributed by atoms with van der Waals surface area (Å²) in [6.45, 7) is 5.23. The summed E-state index contributed by atoms with van der Waals surface area (Å²) in [5.41, 5.74) is -1.64. The van der Waals surface area contributed by atoms with Gasteiger partial charge in [-0.2, -0.15) is 10.2 Å². The molecule has 2 saturated heterocycles. The zero-order valence-electron chi connectivity index (χ0n) is 14.0. The molecule has 4 heterocycles. The van der Waals surface area contributed by atoms with Gasteiger partial charge in [0.25, 0.3) is 0 Å². The van der Waals surface area contributed by atoms with Crippen LogP contribution in [0.25, 0.3) is 0 Å². The Kier molecular flexibility index (Phi) is 3.06. The van der Waals surface area contributed by atoms with E-state index in [0.29, 0.717) is 0 Å². The Hall–Kier alpha value is -1.74. The Balaban J connectivity index is 1.74. The van der Waals surface area contributed by atoms with Crippen molar-refractivity contribution >= 4 is 12.1 Å². The van der Waals surface area contributed by atoms with Crippen molar-refractivity contribution in [3.63, 3.8) is 0 Å². The van der Waals surface area contributed by atoms with Gasteiger partial charge in [0.1, 0.15) is 41.5 Å². The summed E-state index contributed by atoms with van der Waals surface area (Å²) in [5, 5.41) is 19.2. The molecular formula is C15H21N3O6. The summed E-state index contributed by atoms with van der Waals surface area (Å²) in [6, 6.07) is -2.10. The molecule has 5 rings (SSSR count). The maximum atomic E-state index is 12.8. The molecule has 1 aliphatic carbocycles. The second-order valence-corrected chi connectivity index (χ2v) is 7.78. The van der Waals surface area contributed by atoms with Gasteiger partial charge in [0.2, 0.25) is 0 Å². The minimum atomic E-state index is -0.951. The number of carbonyl (C=O) groups excluding carboxylic acids is 2. The molecule has 1 N–H and O–H groups in total. The van der Waals surface area contributed by atoms with E-state index in [1.54, 1.807) is 20.8 Å². The van der Waals surface area contributed by atoms with E-state index in [-0.39, 0.29) is 18.6 Å². The number of hydrogen-bond donors (Lipinski definition) is 1. The number of ether oxygens (including phenoxy) is 3.